The lowest BCUT2D eigenvalue weighted by atomic mass is 9.93. The maximum absolute atomic E-state index is 12.0. The van der Waals surface area contributed by atoms with Gasteiger partial charge < -0.3 is 9.84 Å². The molecule has 0 amide bonds. The fraction of sp³-hybridized carbons (Fsp3) is 0.278. The van der Waals surface area contributed by atoms with Crippen LogP contribution in [0.2, 0.25) is 0 Å². The van der Waals surface area contributed by atoms with Crippen LogP contribution in [0.4, 0.5) is 0 Å². The minimum atomic E-state index is -0.235. The van der Waals surface area contributed by atoms with Gasteiger partial charge in [0.1, 0.15) is 6.61 Å². The molecule has 2 rings (SSSR count). The molecule has 1 atom stereocenters. The number of aliphatic hydroxyl groups is 1. The molecule has 2 aromatic carbocycles. The van der Waals surface area contributed by atoms with Gasteiger partial charge >= 0.3 is 5.97 Å². The third-order valence-corrected chi connectivity index (χ3v) is 3.40. The van der Waals surface area contributed by atoms with Crippen molar-refractivity contribution in [3.63, 3.8) is 0 Å². The quantitative estimate of drug-likeness (QED) is 0.794. The molecule has 110 valence electrons. The van der Waals surface area contributed by atoms with Crippen molar-refractivity contribution in [1.29, 1.82) is 0 Å². The largest absolute Gasteiger partial charge is 0.461 e. The van der Waals surface area contributed by atoms with Crippen LogP contribution >= 0.6 is 0 Å². The summed E-state index contributed by atoms with van der Waals surface area (Å²) in [5.74, 6) is -0.236. The van der Waals surface area contributed by atoms with Crippen LogP contribution in [-0.2, 0) is 16.1 Å². The van der Waals surface area contributed by atoms with Gasteiger partial charge in [0.15, 0.2) is 0 Å². The zero-order chi connectivity index (χ0) is 14.9. The van der Waals surface area contributed by atoms with Crippen molar-refractivity contribution >= 4 is 5.97 Å². The van der Waals surface area contributed by atoms with E-state index in [1.54, 1.807) is 0 Å². The van der Waals surface area contributed by atoms with Crippen LogP contribution in [0, 0.1) is 0 Å². The Morgan fingerprint density at radius 3 is 2.24 bits per heavy atom. The predicted octanol–water partition coefficient (Wildman–Crippen LogP) is 3.29. The second-order valence-electron chi connectivity index (χ2n) is 4.97. The Labute approximate surface area is 125 Å². The lowest BCUT2D eigenvalue weighted by Crippen LogP contribution is -2.12. The summed E-state index contributed by atoms with van der Waals surface area (Å²) in [4.78, 5) is 12.0. The molecule has 0 saturated carbocycles. The van der Waals surface area contributed by atoms with E-state index in [0.29, 0.717) is 13.0 Å². The first kappa shape index (κ1) is 15.3. The van der Waals surface area contributed by atoms with Gasteiger partial charge in [-0.2, -0.15) is 0 Å². The molecule has 0 aromatic heterocycles. The number of ether oxygens (including phenoxy) is 1. The highest BCUT2D eigenvalue weighted by Crippen LogP contribution is 2.23. The zero-order valence-electron chi connectivity index (χ0n) is 11.9. The van der Waals surface area contributed by atoms with Crippen LogP contribution in [0.25, 0.3) is 0 Å². The van der Waals surface area contributed by atoms with Crippen molar-refractivity contribution in [2.75, 3.05) is 6.61 Å². The summed E-state index contributed by atoms with van der Waals surface area (Å²) in [6.07, 6.45) is 0.849. The van der Waals surface area contributed by atoms with Gasteiger partial charge in [0.2, 0.25) is 0 Å². The van der Waals surface area contributed by atoms with Crippen LogP contribution in [-0.4, -0.2) is 17.7 Å². The Bertz CT molecular complexity index is 537. The van der Waals surface area contributed by atoms with E-state index in [1.807, 2.05) is 60.7 Å². The summed E-state index contributed by atoms with van der Waals surface area (Å²) < 4.78 is 5.31. The number of benzene rings is 2. The molecule has 0 aliphatic heterocycles. The van der Waals surface area contributed by atoms with Gasteiger partial charge in [-0.3, -0.25) is 4.79 Å². The molecular formula is C18H20O3. The Hall–Kier alpha value is -2.13. The number of aliphatic hydroxyl groups excluding tert-OH is 1. The Morgan fingerprint density at radius 2 is 1.62 bits per heavy atom. The summed E-state index contributed by atoms with van der Waals surface area (Å²) in [5.41, 5.74) is 2.03. The maximum Gasteiger partial charge on any atom is 0.306 e. The molecule has 0 saturated heterocycles. The molecule has 21 heavy (non-hydrogen) atoms. The van der Waals surface area contributed by atoms with Crippen LogP contribution in [0.1, 0.15) is 29.9 Å². The lowest BCUT2D eigenvalue weighted by Gasteiger charge is -2.15. The first-order valence-corrected chi connectivity index (χ1v) is 7.15. The van der Waals surface area contributed by atoms with Gasteiger partial charge in [-0.1, -0.05) is 60.7 Å². The molecule has 0 bridgehead atoms. The van der Waals surface area contributed by atoms with Crippen LogP contribution in [0.5, 0.6) is 0 Å². The lowest BCUT2D eigenvalue weighted by molar-refractivity contribution is -0.145. The number of hydrogen-bond acceptors (Lipinski definition) is 3. The average Bonchev–Trinajstić information content (AvgIpc) is 2.54. The van der Waals surface area contributed by atoms with E-state index in [0.717, 1.165) is 11.1 Å². The molecule has 1 N–H and O–H groups in total. The van der Waals surface area contributed by atoms with E-state index in [4.69, 9.17) is 9.84 Å². The van der Waals surface area contributed by atoms with Crippen LogP contribution in [0.15, 0.2) is 60.7 Å². The van der Waals surface area contributed by atoms with E-state index in [-0.39, 0.29) is 24.9 Å². The molecule has 3 heteroatoms. The van der Waals surface area contributed by atoms with E-state index in [2.05, 4.69) is 0 Å². The predicted molar refractivity (Wildman–Crippen MR) is 81.7 cm³/mol. The van der Waals surface area contributed by atoms with E-state index < -0.39 is 0 Å². The van der Waals surface area contributed by atoms with Crippen LogP contribution in [0.3, 0.4) is 0 Å². The average molecular weight is 284 g/mol. The van der Waals surface area contributed by atoms with Crippen molar-refractivity contribution < 1.29 is 14.6 Å². The SMILES string of the molecule is O=C(C[C@H](CCO)c1ccccc1)OCc1ccccc1. The van der Waals surface area contributed by atoms with Crippen molar-refractivity contribution in [2.24, 2.45) is 0 Å². The Morgan fingerprint density at radius 1 is 1.00 bits per heavy atom. The summed E-state index contributed by atoms with van der Waals surface area (Å²) >= 11 is 0. The molecule has 0 unspecified atom stereocenters. The maximum atomic E-state index is 12.0. The minimum absolute atomic E-state index is 0.000488. The number of esters is 1. The molecule has 3 nitrogen and oxygen atoms in total. The second-order valence-corrected chi connectivity index (χ2v) is 4.97. The second kappa shape index (κ2) is 8.22. The third kappa shape index (κ3) is 5.04. The van der Waals surface area contributed by atoms with Crippen LogP contribution < -0.4 is 0 Å². The third-order valence-electron chi connectivity index (χ3n) is 3.40. The summed E-state index contributed by atoms with van der Waals surface area (Å²) in [7, 11) is 0. The highest BCUT2D eigenvalue weighted by atomic mass is 16.5. The zero-order valence-corrected chi connectivity index (χ0v) is 11.9. The Kier molecular flexibility index (Phi) is 5.98. The molecule has 0 aliphatic carbocycles. The molecular weight excluding hydrogens is 264 g/mol. The summed E-state index contributed by atoms with van der Waals surface area (Å²) in [6.45, 7) is 0.353. The summed E-state index contributed by atoms with van der Waals surface area (Å²) in [6, 6.07) is 19.4. The molecule has 0 spiro atoms. The molecule has 0 fully saturated rings. The van der Waals surface area contributed by atoms with E-state index >= 15 is 0 Å². The van der Waals surface area contributed by atoms with E-state index in [1.165, 1.54) is 0 Å². The van der Waals surface area contributed by atoms with Gasteiger partial charge in [0, 0.05) is 6.61 Å². The van der Waals surface area contributed by atoms with Crippen molar-refractivity contribution in [2.45, 2.75) is 25.4 Å². The monoisotopic (exact) mass is 284 g/mol. The highest BCUT2D eigenvalue weighted by molar-refractivity contribution is 5.70. The standard InChI is InChI=1S/C18H20O3/c19-12-11-17(16-9-5-2-6-10-16)13-18(20)21-14-15-7-3-1-4-8-15/h1-10,17,19H,11-14H2/t17-/m0/s1. The van der Waals surface area contributed by atoms with E-state index in [9.17, 15) is 4.79 Å². The molecule has 0 radical (unpaired) electrons. The van der Waals surface area contributed by atoms with Gasteiger partial charge in [0.25, 0.3) is 0 Å². The first-order valence-electron chi connectivity index (χ1n) is 7.15. The normalized spacial score (nSPS) is 11.9. The number of carbonyl (C=O) groups excluding carboxylic acids is 1. The number of rotatable bonds is 7. The topological polar surface area (TPSA) is 46.5 Å². The van der Waals surface area contributed by atoms with Crippen molar-refractivity contribution in [3.05, 3.63) is 71.8 Å². The van der Waals surface area contributed by atoms with Crippen molar-refractivity contribution in [1.82, 2.24) is 0 Å². The number of hydrogen-bond donors (Lipinski definition) is 1. The van der Waals surface area contributed by atoms with Gasteiger partial charge in [-0.25, -0.2) is 0 Å². The smallest absolute Gasteiger partial charge is 0.306 e. The molecule has 0 heterocycles. The van der Waals surface area contributed by atoms with Crippen molar-refractivity contribution in [3.8, 4) is 0 Å². The first-order chi connectivity index (χ1) is 10.3. The highest BCUT2D eigenvalue weighted by Gasteiger charge is 2.16. The fourth-order valence-electron chi connectivity index (χ4n) is 2.27. The summed E-state index contributed by atoms with van der Waals surface area (Å²) in [5, 5.41) is 9.17. The molecule has 0 aliphatic rings. The fourth-order valence-corrected chi connectivity index (χ4v) is 2.27. The van der Waals surface area contributed by atoms with Gasteiger partial charge in [-0.05, 0) is 23.5 Å². The number of carbonyl (C=O) groups is 1. The molecule has 2 aromatic rings. The Balaban J connectivity index is 1.89. The van der Waals surface area contributed by atoms with Gasteiger partial charge in [0.05, 0.1) is 6.42 Å². The minimum Gasteiger partial charge on any atom is -0.461 e. The van der Waals surface area contributed by atoms with Gasteiger partial charge in [-0.15, -0.1) is 0 Å².